The predicted molar refractivity (Wildman–Crippen MR) is 103 cm³/mol. The summed E-state index contributed by atoms with van der Waals surface area (Å²) in [4.78, 5) is 24.8. The number of aromatic amines is 1. The van der Waals surface area contributed by atoms with Gasteiger partial charge in [-0.2, -0.15) is 5.10 Å². The molecule has 1 aliphatic heterocycles. The van der Waals surface area contributed by atoms with Crippen LogP contribution in [0, 0.1) is 0 Å². The van der Waals surface area contributed by atoms with E-state index in [1.54, 1.807) is 11.0 Å². The zero-order chi connectivity index (χ0) is 19.9. The van der Waals surface area contributed by atoms with Crippen molar-refractivity contribution in [1.29, 1.82) is 0 Å². The van der Waals surface area contributed by atoms with E-state index in [1.165, 1.54) is 6.92 Å². The number of nitrogens with zero attached hydrogens (tertiary/aromatic N) is 2. The molecule has 1 aromatic heterocycles. The molecule has 1 saturated heterocycles. The maximum Gasteiger partial charge on any atom is 0.242 e. The van der Waals surface area contributed by atoms with E-state index in [9.17, 15) is 9.59 Å². The van der Waals surface area contributed by atoms with Crippen molar-refractivity contribution in [2.75, 3.05) is 32.8 Å². The van der Waals surface area contributed by atoms with E-state index in [2.05, 4.69) is 15.5 Å². The number of nitrogens with one attached hydrogen (secondary N) is 2. The smallest absolute Gasteiger partial charge is 0.242 e. The molecule has 28 heavy (non-hydrogen) atoms. The first-order valence-electron chi connectivity index (χ1n) is 9.08. The molecule has 3 rings (SSSR count). The van der Waals surface area contributed by atoms with Crippen LogP contribution in [0.2, 0.25) is 5.02 Å². The molecule has 150 valence electrons. The summed E-state index contributed by atoms with van der Waals surface area (Å²) in [5.41, 5.74) is 1.65. The van der Waals surface area contributed by atoms with Gasteiger partial charge in [0.2, 0.25) is 11.8 Å². The summed E-state index contributed by atoms with van der Waals surface area (Å²) in [6.07, 6.45) is 0.334. The van der Waals surface area contributed by atoms with Crippen LogP contribution in [0.4, 0.5) is 0 Å². The van der Waals surface area contributed by atoms with Gasteiger partial charge in [0.15, 0.2) is 0 Å². The van der Waals surface area contributed by atoms with Crippen molar-refractivity contribution >= 4 is 23.4 Å². The topological polar surface area (TPSA) is 96.5 Å². The minimum absolute atomic E-state index is 0.00669. The number of ether oxygens (including phenoxy) is 2. The molecular weight excluding hydrogens is 384 g/mol. The van der Waals surface area contributed by atoms with Crippen LogP contribution >= 0.6 is 11.6 Å². The predicted octanol–water partition coefficient (Wildman–Crippen LogP) is 1.72. The standard InChI is InChI=1S/C19H23ClN4O4/c1-13(25)21-11-19(26)24-7-9-28-18(12-24)16-10-14(22-23-16)6-8-27-17-5-3-2-4-15(17)20/h2-5,10,18H,6-9,11-12H2,1H3,(H,21,25)(H,22,23)/t18-/m1/s1. The van der Waals surface area contributed by atoms with E-state index < -0.39 is 0 Å². The third kappa shape index (κ3) is 5.46. The molecule has 1 aliphatic rings. The van der Waals surface area contributed by atoms with Gasteiger partial charge in [-0.25, -0.2) is 0 Å². The molecule has 0 spiro atoms. The summed E-state index contributed by atoms with van der Waals surface area (Å²) in [6, 6.07) is 9.25. The van der Waals surface area contributed by atoms with Crippen molar-refractivity contribution in [3.8, 4) is 5.75 Å². The fourth-order valence-corrected chi connectivity index (χ4v) is 3.06. The first-order valence-corrected chi connectivity index (χ1v) is 9.46. The first kappa shape index (κ1) is 20.2. The Morgan fingerprint density at radius 2 is 2.25 bits per heavy atom. The molecule has 0 radical (unpaired) electrons. The maximum absolute atomic E-state index is 12.2. The van der Waals surface area contributed by atoms with E-state index in [4.69, 9.17) is 21.1 Å². The third-order valence-corrected chi connectivity index (χ3v) is 4.67. The highest BCUT2D eigenvalue weighted by molar-refractivity contribution is 6.32. The molecule has 9 heteroatoms. The van der Waals surface area contributed by atoms with E-state index in [1.807, 2.05) is 24.3 Å². The summed E-state index contributed by atoms with van der Waals surface area (Å²) in [6.45, 7) is 3.16. The van der Waals surface area contributed by atoms with Crippen LogP contribution in [0.1, 0.15) is 24.4 Å². The summed E-state index contributed by atoms with van der Waals surface area (Å²) < 4.78 is 11.5. The van der Waals surface area contributed by atoms with Crippen molar-refractivity contribution in [3.05, 3.63) is 46.7 Å². The molecule has 0 saturated carbocycles. The molecular formula is C19H23ClN4O4. The minimum Gasteiger partial charge on any atom is -0.492 e. The van der Waals surface area contributed by atoms with Crippen molar-refractivity contribution in [1.82, 2.24) is 20.4 Å². The van der Waals surface area contributed by atoms with Crippen LogP contribution in [0.25, 0.3) is 0 Å². The number of carbonyl (C=O) groups is 2. The van der Waals surface area contributed by atoms with Gasteiger partial charge in [0.25, 0.3) is 0 Å². The number of halogens is 1. The van der Waals surface area contributed by atoms with Crippen LogP contribution in [0.15, 0.2) is 30.3 Å². The second kappa shape index (κ2) is 9.57. The van der Waals surface area contributed by atoms with Gasteiger partial charge in [0.05, 0.1) is 37.0 Å². The van der Waals surface area contributed by atoms with Crippen molar-refractivity contribution in [2.45, 2.75) is 19.4 Å². The summed E-state index contributed by atoms with van der Waals surface area (Å²) in [5.74, 6) is 0.286. The Morgan fingerprint density at radius 3 is 3.04 bits per heavy atom. The Balaban J connectivity index is 1.50. The Hall–Kier alpha value is -2.58. The zero-order valence-corrected chi connectivity index (χ0v) is 16.4. The SMILES string of the molecule is CC(=O)NCC(=O)N1CCO[C@@H](c2cc(CCOc3ccccc3Cl)[nH]n2)C1. The monoisotopic (exact) mass is 406 g/mol. The van der Waals surface area contributed by atoms with Gasteiger partial charge in [-0.1, -0.05) is 23.7 Å². The second-order valence-corrected chi connectivity index (χ2v) is 6.86. The van der Waals surface area contributed by atoms with Gasteiger partial charge in [-0.15, -0.1) is 0 Å². The number of amides is 2. The van der Waals surface area contributed by atoms with Crippen LogP contribution in [0.3, 0.4) is 0 Å². The Labute approximate surface area is 168 Å². The molecule has 0 aliphatic carbocycles. The van der Waals surface area contributed by atoms with Gasteiger partial charge in [-0.3, -0.25) is 14.7 Å². The van der Waals surface area contributed by atoms with Gasteiger partial charge in [0, 0.05) is 25.6 Å². The molecule has 1 aromatic carbocycles. The Bertz CT molecular complexity index is 826. The quantitative estimate of drug-likeness (QED) is 0.729. The lowest BCUT2D eigenvalue weighted by atomic mass is 10.2. The number of hydrogen-bond donors (Lipinski definition) is 2. The number of H-pyrrole nitrogens is 1. The first-order chi connectivity index (χ1) is 13.5. The average molecular weight is 407 g/mol. The summed E-state index contributed by atoms with van der Waals surface area (Å²) in [7, 11) is 0. The fourth-order valence-electron chi connectivity index (χ4n) is 2.87. The molecule has 2 heterocycles. The lowest BCUT2D eigenvalue weighted by Crippen LogP contribution is -2.46. The molecule has 0 bridgehead atoms. The molecule has 2 amide bonds. The maximum atomic E-state index is 12.2. The average Bonchev–Trinajstić information content (AvgIpc) is 3.16. The Kier molecular flexibility index (Phi) is 6.89. The van der Waals surface area contributed by atoms with Crippen LogP contribution in [-0.2, 0) is 20.7 Å². The van der Waals surface area contributed by atoms with Gasteiger partial charge < -0.3 is 19.7 Å². The van der Waals surface area contributed by atoms with Gasteiger partial charge in [0.1, 0.15) is 11.9 Å². The van der Waals surface area contributed by atoms with Gasteiger partial charge >= 0.3 is 0 Å². The number of para-hydroxylation sites is 1. The van der Waals surface area contributed by atoms with Crippen LogP contribution in [0.5, 0.6) is 5.75 Å². The highest BCUT2D eigenvalue weighted by Gasteiger charge is 2.27. The van der Waals surface area contributed by atoms with Gasteiger partial charge in [-0.05, 0) is 18.2 Å². The summed E-state index contributed by atoms with van der Waals surface area (Å²) in [5, 5.41) is 10.4. The Morgan fingerprint density at radius 1 is 1.43 bits per heavy atom. The highest BCUT2D eigenvalue weighted by atomic mass is 35.5. The van der Waals surface area contributed by atoms with E-state index in [0.717, 1.165) is 11.4 Å². The summed E-state index contributed by atoms with van der Waals surface area (Å²) >= 11 is 6.07. The molecule has 8 nitrogen and oxygen atoms in total. The number of aromatic nitrogens is 2. The van der Waals surface area contributed by atoms with Crippen molar-refractivity contribution < 1.29 is 19.1 Å². The number of carbonyl (C=O) groups excluding carboxylic acids is 2. The fraction of sp³-hybridized carbons (Fsp3) is 0.421. The van der Waals surface area contributed by atoms with E-state index in [-0.39, 0.29) is 24.5 Å². The lowest BCUT2D eigenvalue weighted by molar-refractivity contribution is -0.139. The number of hydrogen-bond acceptors (Lipinski definition) is 5. The lowest BCUT2D eigenvalue weighted by Gasteiger charge is -2.32. The zero-order valence-electron chi connectivity index (χ0n) is 15.6. The second-order valence-electron chi connectivity index (χ2n) is 6.46. The van der Waals surface area contributed by atoms with E-state index in [0.29, 0.717) is 43.5 Å². The molecule has 2 N–H and O–H groups in total. The normalized spacial score (nSPS) is 16.6. The van der Waals surface area contributed by atoms with Crippen molar-refractivity contribution in [3.63, 3.8) is 0 Å². The minimum atomic E-state index is -0.301. The van der Waals surface area contributed by atoms with Crippen LogP contribution < -0.4 is 10.1 Å². The number of rotatable bonds is 7. The third-order valence-electron chi connectivity index (χ3n) is 4.35. The van der Waals surface area contributed by atoms with Crippen LogP contribution in [-0.4, -0.2) is 59.8 Å². The molecule has 0 unspecified atom stereocenters. The molecule has 1 atom stereocenters. The number of morpholine rings is 1. The highest BCUT2D eigenvalue weighted by Crippen LogP contribution is 2.24. The van der Waals surface area contributed by atoms with Crippen molar-refractivity contribution in [2.24, 2.45) is 0 Å². The number of benzene rings is 1. The largest absolute Gasteiger partial charge is 0.492 e. The van der Waals surface area contributed by atoms with E-state index >= 15 is 0 Å². The molecule has 1 fully saturated rings. The molecule has 2 aromatic rings.